The molecule has 2 heterocycles. The number of piperazine rings is 1. The average molecular weight is 420 g/mol. The molecule has 1 aliphatic rings. The van der Waals surface area contributed by atoms with Crippen molar-refractivity contribution in [3.8, 4) is 0 Å². The van der Waals surface area contributed by atoms with Gasteiger partial charge in [0.05, 0.1) is 31.1 Å². The van der Waals surface area contributed by atoms with Crippen LogP contribution in [0.1, 0.15) is 11.1 Å². The predicted molar refractivity (Wildman–Crippen MR) is 121 cm³/mol. The van der Waals surface area contributed by atoms with Gasteiger partial charge >= 0.3 is 5.69 Å². The molecule has 0 bridgehead atoms. The van der Waals surface area contributed by atoms with Gasteiger partial charge in [0.1, 0.15) is 6.54 Å². The number of aryl methyl sites for hydroxylation is 1. The average Bonchev–Trinajstić information content (AvgIpc) is 2.76. The Kier molecular flexibility index (Phi) is 5.94. The number of benzene rings is 2. The van der Waals surface area contributed by atoms with Crippen molar-refractivity contribution >= 4 is 29.0 Å². The van der Waals surface area contributed by atoms with Crippen molar-refractivity contribution in [3.05, 3.63) is 75.8 Å². The van der Waals surface area contributed by atoms with E-state index < -0.39 is 4.92 Å². The molecule has 0 saturated carbocycles. The van der Waals surface area contributed by atoms with Gasteiger partial charge in [-0.1, -0.05) is 48.0 Å². The van der Waals surface area contributed by atoms with Crippen LogP contribution in [0.25, 0.3) is 0 Å². The lowest BCUT2D eigenvalue weighted by Crippen LogP contribution is -3.13. The van der Waals surface area contributed by atoms with Crippen molar-refractivity contribution in [2.45, 2.75) is 13.5 Å². The second kappa shape index (κ2) is 8.97. The van der Waals surface area contributed by atoms with E-state index in [9.17, 15) is 10.1 Å². The molecule has 1 aliphatic heterocycles. The molecule has 0 spiro atoms. The number of nitrogens with zero attached hydrogens (tertiary/aromatic N) is 4. The van der Waals surface area contributed by atoms with Crippen LogP contribution in [0.2, 0.25) is 0 Å². The number of anilines is 4. The molecule has 0 radical (unpaired) electrons. The molecule has 9 heteroatoms. The highest BCUT2D eigenvalue weighted by Gasteiger charge is 2.30. The van der Waals surface area contributed by atoms with Gasteiger partial charge in [-0.15, -0.1) is 0 Å². The number of aromatic nitrogens is 2. The van der Waals surface area contributed by atoms with Gasteiger partial charge in [0.25, 0.3) is 0 Å². The van der Waals surface area contributed by atoms with E-state index in [1.54, 1.807) is 0 Å². The Morgan fingerprint density at radius 1 is 1.10 bits per heavy atom. The molecule has 31 heavy (non-hydrogen) atoms. The third kappa shape index (κ3) is 4.89. The predicted octanol–water partition coefficient (Wildman–Crippen LogP) is 1.92. The second-order valence-electron chi connectivity index (χ2n) is 7.75. The van der Waals surface area contributed by atoms with E-state index in [2.05, 4.69) is 27.4 Å². The van der Waals surface area contributed by atoms with Gasteiger partial charge in [-0.25, -0.2) is 0 Å². The summed E-state index contributed by atoms with van der Waals surface area (Å²) < 4.78 is 0. The van der Waals surface area contributed by atoms with E-state index in [4.69, 9.17) is 5.73 Å². The summed E-state index contributed by atoms with van der Waals surface area (Å²) in [7, 11) is 0. The number of hydrogen-bond donors (Lipinski definition) is 3. The molecule has 1 saturated heterocycles. The minimum Gasteiger partial charge on any atom is -0.378 e. The first-order valence-electron chi connectivity index (χ1n) is 10.3. The highest BCUT2D eigenvalue weighted by Crippen LogP contribution is 2.32. The summed E-state index contributed by atoms with van der Waals surface area (Å²) in [4.78, 5) is 23.2. The van der Waals surface area contributed by atoms with Gasteiger partial charge in [-0.2, -0.15) is 9.97 Å². The maximum absolute atomic E-state index is 11.7. The lowest BCUT2D eigenvalue weighted by atomic mass is 10.2. The SMILES string of the molecule is Cc1ccc(Nc2nc(N)c([N+](=O)[O-])c(N3CC[NH+](Cc4ccccc4)CC3)n2)cc1. The molecule has 160 valence electrons. The number of rotatable bonds is 6. The maximum atomic E-state index is 11.7. The fraction of sp³-hybridized carbons (Fsp3) is 0.273. The Labute approximate surface area is 180 Å². The van der Waals surface area contributed by atoms with Crippen molar-refractivity contribution < 1.29 is 9.82 Å². The number of hydrogen-bond acceptors (Lipinski definition) is 7. The zero-order valence-electron chi connectivity index (χ0n) is 17.4. The van der Waals surface area contributed by atoms with Gasteiger partial charge in [-0.3, -0.25) is 10.1 Å². The van der Waals surface area contributed by atoms with Gasteiger partial charge in [0.15, 0.2) is 0 Å². The van der Waals surface area contributed by atoms with E-state index in [1.165, 1.54) is 10.5 Å². The van der Waals surface area contributed by atoms with Crippen molar-refractivity contribution in [2.75, 3.05) is 42.1 Å². The van der Waals surface area contributed by atoms with Crippen LogP contribution in [0.3, 0.4) is 0 Å². The molecular weight excluding hydrogens is 394 g/mol. The Balaban J connectivity index is 1.53. The van der Waals surface area contributed by atoms with Crippen LogP contribution in [0.5, 0.6) is 0 Å². The molecule has 4 rings (SSSR count). The van der Waals surface area contributed by atoms with E-state index in [0.29, 0.717) is 13.1 Å². The summed E-state index contributed by atoms with van der Waals surface area (Å²) in [6.45, 7) is 5.96. The summed E-state index contributed by atoms with van der Waals surface area (Å²) >= 11 is 0. The minimum absolute atomic E-state index is 0.135. The number of nitro groups is 1. The Bertz CT molecular complexity index is 1050. The summed E-state index contributed by atoms with van der Waals surface area (Å²) in [6, 6.07) is 18.1. The molecule has 1 aromatic heterocycles. The van der Waals surface area contributed by atoms with Crippen LogP contribution >= 0.6 is 0 Å². The van der Waals surface area contributed by atoms with Gasteiger partial charge in [0.2, 0.25) is 17.6 Å². The first-order valence-corrected chi connectivity index (χ1v) is 10.3. The fourth-order valence-corrected chi connectivity index (χ4v) is 3.77. The molecule has 1 fully saturated rings. The quantitative estimate of drug-likeness (QED) is 0.412. The highest BCUT2D eigenvalue weighted by molar-refractivity contribution is 5.72. The Hall–Kier alpha value is -3.72. The first-order chi connectivity index (χ1) is 15.0. The third-order valence-electron chi connectivity index (χ3n) is 5.45. The molecule has 4 N–H and O–H groups in total. The number of nitrogen functional groups attached to an aromatic ring is 1. The molecule has 2 aromatic carbocycles. The smallest absolute Gasteiger partial charge is 0.353 e. The standard InChI is InChI=1S/C22H25N7O2/c1-16-7-9-18(10-8-16)24-22-25-20(23)19(29(30)31)21(26-22)28-13-11-27(12-14-28)15-17-5-3-2-4-6-17/h2-10H,11-15H2,1H3,(H3,23,24,25,26)/p+1. The first kappa shape index (κ1) is 20.5. The molecule has 0 unspecified atom stereocenters. The second-order valence-corrected chi connectivity index (χ2v) is 7.75. The summed E-state index contributed by atoms with van der Waals surface area (Å²) in [6.07, 6.45) is 0. The highest BCUT2D eigenvalue weighted by atomic mass is 16.6. The fourth-order valence-electron chi connectivity index (χ4n) is 3.77. The summed E-state index contributed by atoms with van der Waals surface area (Å²) in [5.41, 5.74) is 8.95. The minimum atomic E-state index is -0.497. The van der Waals surface area contributed by atoms with Gasteiger partial charge < -0.3 is 20.9 Å². The topological polar surface area (TPSA) is 115 Å². The Morgan fingerprint density at radius 2 is 1.77 bits per heavy atom. The van der Waals surface area contributed by atoms with Gasteiger partial charge in [0, 0.05) is 11.3 Å². The van der Waals surface area contributed by atoms with Gasteiger partial charge in [-0.05, 0) is 19.1 Å². The maximum Gasteiger partial charge on any atom is 0.353 e. The lowest BCUT2D eigenvalue weighted by molar-refractivity contribution is -0.914. The van der Waals surface area contributed by atoms with Crippen molar-refractivity contribution in [3.63, 3.8) is 0 Å². The molecular formula is C22H26N7O2+. The van der Waals surface area contributed by atoms with E-state index in [-0.39, 0.29) is 23.3 Å². The van der Waals surface area contributed by atoms with Crippen LogP contribution in [0.4, 0.5) is 29.0 Å². The summed E-state index contributed by atoms with van der Waals surface area (Å²) in [5, 5.41) is 14.8. The third-order valence-corrected chi connectivity index (χ3v) is 5.45. The molecule has 0 atom stereocenters. The molecule has 3 aromatic rings. The van der Waals surface area contributed by atoms with Crippen molar-refractivity contribution in [2.24, 2.45) is 0 Å². The molecule has 0 amide bonds. The molecule has 0 aliphatic carbocycles. The van der Waals surface area contributed by atoms with E-state index >= 15 is 0 Å². The normalized spacial score (nSPS) is 14.4. The van der Waals surface area contributed by atoms with E-state index in [1.807, 2.05) is 54.3 Å². The van der Waals surface area contributed by atoms with Crippen molar-refractivity contribution in [1.82, 2.24) is 9.97 Å². The van der Waals surface area contributed by atoms with Crippen LogP contribution in [-0.2, 0) is 6.54 Å². The number of nitrogens with two attached hydrogens (primary N) is 1. The van der Waals surface area contributed by atoms with Crippen LogP contribution in [0.15, 0.2) is 54.6 Å². The van der Waals surface area contributed by atoms with Crippen molar-refractivity contribution in [1.29, 1.82) is 0 Å². The van der Waals surface area contributed by atoms with Crippen LogP contribution < -0.4 is 20.9 Å². The zero-order chi connectivity index (χ0) is 21.8. The number of nitrogens with one attached hydrogen (secondary N) is 2. The van der Waals surface area contributed by atoms with Crippen LogP contribution in [-0.4, -0.2) is 41.1 Å². The zero-order valence-corrected chi connectivity index (χ0v) is 17.4. The number of quaternary nitrogens is 1. The monoisotopic (exact) mass is 420 g/mol. The Morgan fingerprint density at radius 3 is 2.42 bits per heavy atom. The summed E-state index contributed by atoms with van der Waals surface area (Å²) in [5.74, 6) is 0.385. The molecule has 9 nitrogen and oxygen atoms in total. The van der Waals surface area contributed by atoms with E-state index in [0.717, 1.165) is 30.9 Å². The largest absolute Gasteiger partial charge is 0.378 e. The lowest BCUT2D eigenvalue weighted by Gasteiger charge is -2.32. The van der Waals surface area contributed by atoms with Crippen LogP contribution in [0, 0.1) is 17.0 Å².